The number of halogens is 1. The van der Waals surface area contributed by atoms with Gasteiger partial charge in [0.2, 0.25) is 17.2 Å². The van der Waals surface area contributed by atoms with E-state index in [9.17, 15) is 14.4 Å². The number of hydrogen-bond acceptors (Lipinski definition) is 9. The molecule has 1 aromatic carbocycles. The SMILES string of the molecule is COC(=O)C1=CC(c2ccsc2)C2=C(CC(C)C3(Oc4c(Cl)c(OC)cc(OC)c4C3=O)C2=O)N1. The maximum Gasteiger partial charge on any atom is 0.354 e. The van der Waals surface area contributed by atoms with Crippen molar-refractivity contribution < 1.29 is 33.3 Å². The molecule has 2 aromatic rings. The fourth-order valence-corrected chi connectivity index (χ4v) is 6.00. The van der Waals surface area contributed by atoms with Crippen LogP contribution in [0.1, 0.15) is 35.2 Å². The number of fused-ring (bicyclic) bond motifs is 1. The van der Waals surface area contributed by atoms with Crippen LogP contribution in [0.15, 0.2) is 45.9 Å². The Morgan fingerprint density at radius 2 is 1.94 bits per heavy atom. The standard InChI is InChI=1S/C25H22ClNO7S/c1-11-7-14-18(13(12-5-6-35-10-12)8-15(27-14)24(30)33-4)22(28)25(11)23(29)19-16(31-2)9-17(32-3)20(26)21(19)34-25/h5-6,8-11,13,27H,7H2,1-4H3. The minimum atomic E-state index is -1.82. The number of carbonyl (C=O) groups excluding carboxylic acids is 3. The van der Waals surface area contributed by atoms with E-state index in [0.29, 0.717) is 11.3 Å². The number of hydrogen-bond donors (Lipinski definition) is 1. The number of nitrogens with one attached hydrogen (secondary N) is 1. The molecule has 8 nitrogen and oxygen atoms in total. The first-order chi connectivity index (χ1) is 16.8. The molecule has 5 rings (SSSR count). The number of esters is 1. The topological polar surface area (TPSA) is 100 Å². The van der Waals surface area contributed by atoms with Crippen LogP contribution in [-0.2, 0) is 14.3 Å². The summed E-state index contributed by atoms with van der Waals surface area (Å²) in [5, 5.41) is 6.95. The molecule has 1 aromatic heterocycles. The summed E-state index contributed by atoms with van der Waals surface area (Å²) in [5.41, 5.74) is 0.298. The Bertz CT molecular complexity index is 1330. The second-order valence-electron chi connectivity index (χ2n) is 8.52. The highest BCUT2D eigenvalue weighted by Crippen LogP contribution is 2.55. The summed E-state index contributed by atoms with van der Waals surface area (Å²) >= 11 is 7.98. The molecule has 0 radical (unpaired) electrons. The van der Waals surface area contributed by atoms with Crippen molar-refractivity contribution in [3.8, 4) is 17.2 Å². The van der Waals surface area contributed by atoms with Gasteiger partial charge in [-0.1, -0.05) is 18.5 Å². The van der Waals surface area contributed by atoms with Crippen LogP contribution >= 0.6 is 22.9 Å². The lowest BCUT2D eigenvalue weighted by molar-refractivity contribution is -0.137. The summed E-state index contributed by atoms with van der Waals surface area (Å²) < 4.78 is 21.9. The first-order valence-electron chi connectivity index (χ1n) is 10.8. The molecule has 3 unspecified atom stereocenters. The predicted octanol–water partition coefficient (Wildman–Crippen LogP) is 4.04. The third kappa shape index (κ3) is 3.21. The number of carbonyl (C=O) groups is 3. The third-order valence-corrected chi connectivity index (χ3v) is 7.83. The van der Waals surface area contributed by atoms with Gasteiger partial charge in [0.05, 0.1) is 21.3 Å². The van der Waals surface area contributed by atoms with Crippen molar-refractivity contribution in [1.29, 1.82) is 0 Å². The summed E-state index contributed by atoms with van der Waals surface area (Å²) in [6.45, 7) is 1.76. The lowest BCUT2D eigenvalue weighted by Crippen LogP contribution is -2.58. The van der Waals surface area contributed by atoms with Crippen LogP contribution in [0, 0.1) is 5.92 Å². The number of methoxy groups -OCH3 is 3. The van der Waals surface area contributed by atoms with E-state index >= 15 is 0 Å². The molecule has 3 atom stereocenters. The van der Waals surface area contributed by atoms with Gasteiger partial charge in [-0.15, -0.1) is 0 Å². The maximum absolute atomic E-state index is 14.3. The molecule has 2 aliphatic heterocycles. The number of rotatable bonds is 4. The Balaban J connectivity index is 1.66. The molecule has 3 heterocycles. The van der Waals surface area contributed by atoms with Crippen LogP contribution in [0.25, 0.3) is 0 Å². The molecule has 35 heavy (non-hydrogen) atoms. The molecule has 182 valence electrons. The van der Waals surface area contributed by atoms with E-state index in [1.165, 1.54) is 38.7 Å². The van der Waals surface area contributed by atoms with Crippen LogP contribution < -0.4 is 19.5 Å². The molecule has 10 heteroatoms. The van der Waals surface area contributed by atoms with Gasteiger partial charge in [0.25, 0.3) is 0 Å². The molecule has 0 saturated carbocycles. The van der Waals surface area contributed by atoms with Gasteiger partial charge in [-0.2, -0.15) is 11.3 Å². The molecule has 3 aliphatic rings. The van der Waals surface area contributed by atoms with Gasteiger partial charge in [0.15, 0.2) is 5.75 Å². The molecule has 1 aliphatic carbocycles. The van der Waals surface area contributed by atoms with Crippen molar-refractivity contribution in [1.82, 2.24) is 5.32 Å². The number of Topliss-reactive ketones (excluding diaryl/α,β-unsaturated/α-hetero) is 2. The second-order valence-corrected chi connectivity index (χ2v) is 9.68. The Labute approximate surface area is 210 Å². The van der Waals surface area contributed by atoms with E-state index in [4.69, 9.17) is 30.5 Å². The largest absolute Gasteiger partial charge is 0.496 e. The minimum absolute atomic E-state index is 0.0683. The van der Waals surface area contributed by atoms with E-state index in [1.54, 1.807) is 13.0 Å². The Morgan fingerprint density at radius 3 is 2.57 bits per heavy atom. The summed E-state index contributed by atoms with van der Waals surface area (Å²) in [5.74, 6) is -2.11. The van der Waals surface area contributed by atoms with Crippen LogP contribution in [0.3, 0.4) is 0 Å². The van der Waals surface area contributed by atoms with Crippen molar-refractivity contribution in [2.24, 2.45) is 5.92 Å². The highest BCUT2D eigenvalue weighted by atomic mass is 35.5. The summed E-state index contributed by atoms with van der Waals surface area (Å²) in [6, 6.07) is 3.39. The predicted molar refractivity (Wildman–Crippen MR) is 128 cm³/mol. The van der Waals surface area contributed by atoms with Gasteiger partial charge in [-0.25, -0.2) is 4.79 Å². The highest BCUT2D eigenvalue weighted by molar-refractivity contribution is 7.08. The van der Waals surface area contributed by atoms with E-state index in [1.807, 2.05) is 16.8 Å². The lowest BCUT2D eigenvalue weighted by Gasteiger charge is -2.41. The zero-order valence-electron chi connectivity index (χ0n) is 19.4. The normalized spacial score (nSPS) is 24.9. The Morgan fingerprint density at radius 1 is 1.20 bits per heavy atom. The first-order valence-corrected chi connectivity index (χ1v) is 12.2. The van der Waals surface area contributed by atoms with Crippen molar-refractivity contribution >= 4 is 40.5 Å². The molecular weight excluding hydrogens is 494 g/mol. The monoisotopic (exact) mass is 515 g/mol. The van der Waals surface area contributed by atoms with Crippen molar-refractivity contribution in [2.75, 3.05) is 21.3 Å². The average Bonchev–Trinajstić information content (AvgIpc) is 3.50. The average molecular weight is 516 g/mol. The van der Waals surface area contributed by atoms with E-state index < -0.39 is 35.0 Å². The van der Waals surface area contributed by atoms with Gasteiger partial charge in [-0.05, 0) is 34.9 Å². The lowest BCUT2D eigenvalue weighted by atomic mass is 9.67. The Hall–Kier alpha value is -3.30. The summed E-state index contributed by atoms with van der Waals surface area (Å²) in [6.07, 6.45) is 1.93. The quantitative estimate of drug-likeness (QED) is 0.481. The van der Waals surface area contributed by atoms with Gasteiger partial charge in [0.1, 0.15) is 27.8 Å². The molecular formula is C25H22ClNO7S. The maximum atomic E-state index is 14.3. The summed E-state index contributed by atoms with van der Waals surface area (Å²) in [4.78, 5) is 40.6. The third-order valence-electron chi connectivity index (χ3n) is 6.77. The Kier molecular flexibility index (Phi) is 5.64. The zero-order chi connectivity index (χ0) is 25.1. The molecule has 1 N–H and O–H groups in total. The fraction of sp³-hybridized carbons (Fsp3) is 0.320. The van der Waals surface area contributed by atoms with Gasteiger partial charge in [-0.3, -0.25) is 9.59 Å². The summed E-state index contributed by atoms with van der Waals surface area (Å²) in [7, 11) is 4.16. The highest BCUT2D eigenvalue weighted by Gasteiger charge is 2.63. The van der Waals surface area contributed by atoms with E-state index in [2.05, 4.69) is 5.32 Å². The number of ketones is 2. The zero-order valence-corrected chi connectivity index (χ0v) is 21.0. The van der Waals surface area contributed by atoms with Gasteiger partial charge < -0.3 is 24.3 Å². The number of allylic oxidation sites excluding steroid dienone is 2. The molecule has 0 bridgehead atoms. The van der Waals surface area contributed by atoms with Crippen molar-refractivity contribution in [3.63, 3.8) is 0 Å². The van der Waals surface area contributed by atoms with Crippen molar-refractivity contribution in [2.45, 2.75) is 24.9 Å². The molecule has 1 spiro atoms. The molecule has 0 amide bonds. The number of ether oxygens (including phenoxy) is 4. The van der Waals surface area contributed by atoms with E-state index in [0.717, 1.165) is 5.56 Å². The van der Waals surface area contributed by atoms with Crippen LogP contribution in [0.4, 0.5) is 0 Å². The molecule has 0 saturated heterocycles. The van der Waals surface area contributed by atoms with Crippen molar-refractivity contribution in [3.05, 3.63) is 62.1 Å². The number of dihydropyridines is 1. The smallest absolute Gasteiger partial charge is 0.354 e. The molecule has 0 fully saturated rings. The van der Waals surface area contributed by atoms with Crippen LogP contribution in [0.2, 0.25) is 5.02 Å². The second kappa shape index (κ2) is 8.42. The first kappa shape index (κ1) is 23.4. The van der Waals surface area contributed by atoms with Crippen LogP contribution in [0.5, 0.6) is 17.2 Å². The minimum Gasteiger partial charge on any atom is -0.496 e. The van der Waals surface area contributed by atoms with E-state index in [-0.39, 0.29) is 40.0 Å². The van der Waals surface area contributed by atoms with Gasteiger partial charge in [0, 0.05) is 29.2 Å². The van der Waals surface area contributed by atoms with Crippen LogP contribution in [-0.4, -0.2) is 44.5 Å². The number of benzene rings is 1. The fourth-order valence-electron chi connectivity index (χ4n) is 5.04. The number of thiophene rings is 1. The van der Waals surface area contributed by atoms with Gasteiger partial charge >= 0.3 is 5.97 Å².